The Morgan fingerprint density at radius 2 is 1.31 bits per heavy atom. The highest BCUT2D eigenvalue weighted by Gasteiger charge is 2.16. The molecule has 4 rings (SSSR count). The van der Waals surface area contributed by atoms with Gasteiger partial charge in [-0.05, 0) is 47.4 Å². The predicted octanol–water partition coefficient (Wildman–Crippen LogP) is 4.59. The second kappa shape index (κ2) is 8.48. The van der Waals surface area contributed by atoms with Crippen LogP contribution in [0.3, 0.4) is 0 Å². The summed E-state index contributed by atoms with van der Waals surface area (Å²) in [4.78, 5) is 5.22. The fourth-order valence-corrected chi connectivity index (χ4v) is 3.92. The molecule has 134 valence electrons. The Kier molecular flexibility index (Phi) is 5.63. The molecule has 1 aliphatic rings. The summed E-state index contributed by atoms with van der Waals surface area (Å²) in [7, 11) is 0. The summed E-state index contributed by atoms with van der Waals surface area (Å²) in [5, 5.41) is 2.68. The lowest BCUT2D eigenvalue weighted by Gasteiger charge is -2.34. The molecule has 3 aromatic carbocycles. The van der Waals surface area contributed by atoms with Crippen molar-refractivity contribution in [3.8, 4) is 0 Å². The van der Waals surface area contributed by atoms with Crippen LogP contribution >= 0.6 is 0 Å². The van der Waals surface area contributed by atoms with Gasteiger partial charge >= 0.3 is 0 Å². The molecule has 26 heavy (non-hydrogen) atoms. The Bertz CT molecular complexity index is 820. The highest BCUT2D eigenvalue weighted by atomic mass is 15.3. The van der Waals surface area contributed by atoms with E-state index in [-0.39, 0.29) is 0 Å². The van der Waals surface area contributed by atoms with Gasteiger partial charge in [-0.2, -0.15) is 0 Å². The number of piperazine rings is 1. The zero-order valence-electron chi connectivity index (χ0n) is 15.5. The monoisotopic (exact) mass is 344 g/mol. The molecule has 1 heterocycles. The first-order valence-electron chi connectivity index (χ1n) is 9.83. The van der Waals surface area contributed by atoms with Crippen LogP contribution in [0, 0.1) is 0 Å². The molecule has 2 heteroatoms. The number of nitrogens with zero attached hydrogens (tertiary/aromatic N) is 2. The van der Waals surface area contributed by atoms with E-state index in [2.05, 4.69) is 82.6 Å². The van der Waals surface area contributed by atoms with Crippen molar-refractivity contribution < 1.29 is 0 Å². The van der Waals surface area contributed by atoms with Crippen LogP contribution < -0.4 is 0 Å². The molecule has 0 bridgehead atoms. The van der Waals surface area contributed by atoms with Crippen LogP contribution in [-0.2, 0) is 13.0 Å². The van der Waals surface area contributed by atoms with Gasteiger partial charge in [0.1, 0.15) is 0 Å². The maximum Gasteiger partial charge on any atom is 0.0235 e. The van der Waals surface area contributed by atoms with E-state index in [1.807, 2.05) is 0 Å². The highest BCUT2D eigenvalue weighted by molar-refractivity contribution is 5.82. The standard InChI is InChI=1S/C24H28N2/c1-2-7-21(8-3-1)9-6-14-25-15-17-26(18-16-25)20-22-12-13-23-10-4-5-11-24(23)19-22/h1-5,7-8,10-13,19H,6,9,14-18,20H2. The van der Waals surface area contributed by atoms with E-state index < -0.39 is 0 Å². The minimum Gasteiger partial charge on any atom is -0.301 e. The quantitative estimate of drug-likeness (QED) is 0.645. The molecule has 0 spiro atoms. The molecular weight excluding hydrogens is 316 g/mol. The number of benzene rings is 3. The second-order valence-corrected chi connectivity index (χ2v) is 7.39. The van der Waals surface area contributed by atoms with Crippen molar-refractivity contribution in [1.82, 2.24) is 9.80 Å². The van der Waals surface area contributed by atoms with Gasteiger partial charge in [-0.25, -0.2) is 0 Å². The molecule has 0 atom stereocenters. The SMILES string of the molecule is c1ccc(CCCN2CCN(Cc3ccc4ccccc4c3)CC2)cc1. The Morgan fingerprint density at radius 3 is 2.12 bits per heavy atom. The van der Waals surface area contributed by atoms with E-state index in [4.69, 9.17) is 0 Å². The number of hydrogen-bond acceptors (Lipinski definition) is 2. The zero-order chi connectivity index (χ0) is 17.6. The van der Waals surface area contributed by atoms with E-state index in [9.17, 15) is 0 Å². The van der Waals surface area contributed by atoms with E-state index in [0.29, 0.717) is 0 Å². The average Bonchev–Trinajstić information content (AvgIpc) is 2.70. The molecule has 1 saturated heterocycles. The Hall–Kier alpha value is -2.16. The summed E-state index contributed by atoms with van der Waals surface area (Å²) < 4.78 is 0. The molecule has 0 aromatic heterocycles. The van der Waals surface area contributed by atoms with Crippen LogP contribution in [0.15, 0.2) is 72.8 Å². The van der Waals surface area contributed by atoms with Gasteiger partial charge in [-0.1, -0.05) is 66.7 Å². The third-order valence-corrected chi connectivity index (χ3v) is 5.47. The Labute approximate surface area is 157 Å². The average molecular weight is 345 g/mol. The van der Waals surface area contributed by atoms with Crippen molar-refractivity contribution >= 4 is 10.8 Å². The van der Waals surface area contributed by atoms with Crippen molar-refractivity contribution in [2.45, 2.75) is 19.4 Å². The molecule has 0 aliphatic carbocycles. The van der Waals surface area contributed by atoms with Crippen molar-refractivity contribution in [2.24, 2.45) is 0 Å². The molecule has 2 nitrogen and oxygen atoms in total. The van der Waals surface area contributed by atoms with Crippen LogP contribution in [0.4, 0.5) is 0 Å². The van der Waals surface area contributed by atoms with Gasteiger partial charge in [0, 0.05) is 32.7 Å². The number of rotatable bonds is 6. The summed E-state index contributed by atoms with van der Waals surface area (Å²) in [6.45, 7) is 7.04. The molecule has 0 unspecified atom stereocenters. The lowest BCUT2D eigenvalue weighted by Crippen LogP contribution is -2.46. The fraction of sp³-hybridized carbons (Fsp3) is 0.333. The lowest BCUT2D eigenvalue weighted by molar-refractivity contribution is 0.126. The summed E-state index contributed by atoms with van der Waals surface area (Å²) in [6, 6.07) is 26.4. The fourth-order valence-electron chi connectivity index (χ4n) is 3.92. The molecule has 1 aliphatic heterocycles. The lowest BCUT2D eigenvalue weighted by atomic mass is 10.1. The molecule has 3 aromatic rings. The van der Waals surface area contributed by atoms with Crippen LogP contribution in [0.2, 0.25) is 0 Å². The van der Waals surface area contributed by atoms with Crippen LogP contribution in [0.1, 0.15) is 17.5 Å². The minimum atomic E-state index is 1.07. The number of hydrogen-bond donors (Lipinski definition) is 0. The summed E-state index contributed by atoms with van der Waals surface area (Å²) >= 11 is 0. The first kappa shape index (κ1) is 17.3. The maximum absolute atomic E-state index is 2.62. The van der Waals surface area contributed by atoms with Crippen molar-refractivity contribution in [2.75, 3.05) is 32.7 Å². The summed E-state index contributed by atoms with van der Waals surface area (Å²) in [6.07, 6.45) is 2.45. The minimum absolute atomic E-state index is 1.07. The number of fused-ring (bicyclic) bond motifs is 1. The largest absolute Gasteiger partial charge is 0.301 e. The third-order valence-electron chi connectivity index (χ3n) is 5.47. The molecule has 0 saturated carbocycles. The second-order valence-electron chi connectivity index (χ2n) is 7.39. The van der Waals surface area contributed by atoms with Gasteiger partial charge in [0.15, 0.2) is 0 Å². The van der Waals surface area contributed by atoms with Gasteiger partial charge in [0.05, 0.1) is 0 Å². The summed E-state index contributed by atoms with van der Waals surface area (Å²) in [5.41, 5.74) is 2.89. The first-order chi connectivity index (χ1) is 12.9. The van der Waals surface area contributed by atoms with Gasteiger partial charge in [0.25, 0.3) is 0 Å². The topological polar surface area (TPSA) is 6.48 Å². The smallest absolute Gasteiger partial charge is 0.0235 e. The number of aryl methyl sites for hydroxylation is 1. The van der Waals surface area contributed by atoms with E-state index in [1.54, 1.807) is 0 Å². The first-order valence-corrected chi connectivity index (χ1v) is 9.83. The van der Waals surface area contributed by atoms with Gasteiger partial charge in [-0.15, -0.1) is 0 Å². The van der Waals surface area contributed by atoms with Crippen molar-refractivity contribution in [3.63, 3.8) is 0 Å². The maximum atomic E-state index is 2.62. The van der Waals surface area contributed by atoms with Crippen LogP contribution in [0.25, 0.3) is 10.8 Å². The third kappa shape index (κ3) is 4.51. The van der Waals surface area contributed by atoms with E-state index in [1.165, 1.54) is 67.5 Å². The normalized spacial score (nSPS) is 16.2. The van der Waals surface area contributed by atoms with Gasteiger partial charge < -0.3 is 4.90 Å². The van der Waals surface area contributed by atoms with E-state index >= 15 is 0 Å². The van der Waals surface area contributed by atoms with Crippen LogP contribution in [-0.4, -0.2) is 42.5 Å². The Morgan fingerprint density at radius 1 is 0.615 bits per heavy atom. The van der Waals surface area contributed by atoms with E-state index in [0.717, 1.165) is 6.54 Å². The van der Waals surface area contributed by atoms with Crippen molar-refractivity contribution in [3.05, 3.63) is 83.9 Å². The molecule has 0 amide bonds. The van der Waals surface area contributed by atoms with Crippen LogP contribution in [0.5, 0.6) is 0 Å². The molecule has 0 N–H and O–H groups in total. The predicted molar refractivity (Wildman–Crippen MR) is 110 cm³/mol. The zero-order valence-corrected chi connectivity index (χ0v) is 15.5. The van der Waals surface area contributed by atoms with Gasteiger partial charge in [0.2, 0.25) is 0 Å². The van der Waals surface area contributed by atoms with Crippen molar-refractivity contribution in [1.29, 1.82) is 0 Å². The molecular formula is C24H28N2. The molecule has 1 fully saturated rings. The molecule has 0 radical (unpaired) electrons. The highest BCUT2D eigenvalue weighted by Crippen LogP contribution is 2.17. The summed E-state index contributed by atoms with van der Waals surface area (Å²) in [5.74, 6) is 0. The van der Waals surface area contributed by atoms with Gasteiger partial charge in [-0.3, -0.25) is 4.90 Å². The Balaban J connectivity index is 1.23.